The quantitative estimate of drug-likeness (QED) is 0.899. The van der Waals surface area contributed by atoms with Crippen LogP contribution in [-0.2, 0) is 16.0 Å². The maximum Gasteiger partial charge on any atom is 0.312 e. The molecule has 1 aliphatic heterocycles. The van der Waals surface area contributed by atoms with E-state index >= 15 is 0 Å². The Bertz CT molecular complexity index is 468. The van der Waals surface area contributed by atoms with Gasteiger partial charge in [0.1, 0.15) is 5.92 Å². The van der Waals surface area contributed by atoms with Crippen LogP contribution in [0.3, 0.4) is 0 Å². The summed E-state index contributed by atoms with van der Waals surface area (Å²) in [6.45, 7) is 1.54. The van der Waals surface area contributed by atoms with Crippen LogP contribution in [-0.4, -0.2) is 42.4 Å². The second kappa shape index (κ2) is 4.51. The number of fused-ring (bicyclic) bond motifs is 1. The molecule has 0 amide bonds. The van der Waals surface area contributed by atoms with Crippen LogP contribution in [0.2, 0.25) is 0 Å². The molecule has 0 saturated carbocycles. The monoisotopic (exact) mass is 268 g/mol. The summed E-state index contributed by atoms with van der Waals surface area (Å²) >= 11 is 1.63. The number of carboxylic acid groups (broad SMARTS) is 1. The molecule has 2 atom stereocenters. The number of thiazole rings is 1. The number of aromatic nitrogens is 1. The summed E-state index contributed by atoms with van der Waals surface area (Å²) < 4.78 is 5.38. The molecular weight excluding hydrogens is 252 g/mol. The standard InChI is InChI=1S/C12H16N2O3S/c1-14(7-4-5-17-6-7)12-13-10-8(11(15)16)2-3-9(10)18-12/h7-8H,2-6H2,1H3,(H,15,16). The summed E-state index contributed by atoms with van der Waals surface area (Å²) in [6, 6.07) is 0.375. The van der Waals surface area contributed by atoms with Gasteiger partial charge in [-0.15, -0.1) is 11.3 Å². The summed E-state index contributed by atoms with van der Waals surface area (Å²) in [7, 11) is 2.02. The number of aliphatic carboxylic acids is 1. The van der Waals surface area contributed by atoms with Gasteiger partial charge in [-0.1, -0.05) is 0 Å². The molecule has 2 aliphatic rings. The minimum Gasteiger partial charge on any atom is -0.481 e. The molecule has 1 saturated heterocycles. The van der Waals surface area contributed by atoms with E-state index < -0.39 is 11.9 Å². The van der Waals surface area contributed by atoms with Gasteiger partial charge in [0.2, 0.25) is 0 Å². The number of ether oxygens (including phenoxy) is 1. The normalized spacial score (nSPS) is 26.3. The summed E-state index contributed by atoms with van der Waals surface area (Å²) in [5.41, 5.74) is 0.785. The lowest BCUT2D eigenvalue weighted by Crippen LogP contribution is -2.31. The summed E-state index contributed by atoms with van der Waals surface area (Å²) in [5.74, 6) is -1.16. The topological polar surface area (TPSA) is 62.7 Å². The zero-order chi connectivity index (χ0) is 12.7. The fraction of sp³-hybridized carbons (Fsp3) is 0.667. The molecule has 1 N–H and O–H groups in total. The zero-order valence-electron chi connectivity index (χ0n) is 10.3. The molecule has 0 aromatic carbocycles. The van der Waals surface area contributed by atoms with Crippen molar-refractivity contribution >= 4 is 22.4 Å². The minimum absolute atomic E-state index is 0.375. The number of hydrogen-bond donors (Lipinski definition) is 1. The summed E-state index contributed by atoms with van der Waals surface area (Å²) in [6.07, 6.45) is 2.56. The van der Waals surface area contributed by atoms with Gasteiger partial charge < -0.3 is 14.7 Å². The molecule has 98 valence electrons. The van der Waals surface area contributed by atoms with Crippen molar-refractivity contribution in [3.63, 3.8) is 0 Å². The number of rotatable bonds is 3. The highest BCUT2D eigenvalue weighted by molar-refractivity contribution is 7.15. The third-order valence-electron chi connectivity index (χ3n) is 3.76. The Labute approximate surface area is 109 Å². The molecule has 1 aliphatic carbocycles. The van der Waals surface area contributed by atoms with Gasteiger partial charge in [0.05, 0.1) is 18.3 Å². The predicted octanol–water partition coefficient (Wildman–Crippen LogP) is 1.48. The van der Waals surface area contributed by atoms with Crippen molar-refractivity contribution < 1.29 is 14.6 Å². The first-order chi connectivity index (χ1) is 8.66. The Kier molecular flexibility index (Phi) is 2.99. The van der Waals surface area contributed by atoms with Crippen molar-refractivity contribution in [1.29, 1.82) is 0 Å². The molecule has 3 rings (SSSR count). The third kappa shape index (κ3) is 1.89. The Morgan fingerprint density at radius 2 is 2.39 bits per heavy atom. The van der Waals surface area contributed by atoms with Gasteiger partial charge in [-0.05, 0) is 19.3 Å². The van der Waals surface area contributed by atoms with E-state index in [1.165, 1.54) is 0 Å². The molecule has 1 aromatic heterocycles. The predicted molar refractivity (Wildman–Crippen MR) is 68.4 cm³/mol. The first kappa shape index (κ1) is 11.9. The minimum atomic E-state index is -0.752. The SMILES string of the molecule is CN(c1nc2c(s1)CCC2C(=O)O)C1CCOC1. The van der Waals surface area contributed by atoms with Crippen LogP contribution < -0.4 is 4.90 Å². The van der Waals surface area contributed by atoms with E-state index in [9.17, 15) is 4.79 Å². The molecule has 6 heteroatoms. The lowest BCUT2D eigenvalue weighted by molar-refractivity contribution is -0.138. The van der Waals surface area contributed by atoms with Crippen LogP contribution in [0, 0.1) is 0 Å². The summed E-state index contributed by atoms with van der Waals surface area (Å²) in [5, 5.41) is 10.1. The number of anilines is 1. The highest BCUT2D eigenvalue weighted by Gasteiger charge is 2.34. The van der Waals surface area contributed by atoms with Crippen LogP contribution >= 0.6 is 11.3 Å². The van der Waals surface area contributed by atoms with Crippen molar-refractivity contribution in [3.8, 4) is 0 Å². The second-order valence-corrected chi connectivity index (χ2v) is 5.92. The smallest absolute Gasteiger partial charge is 0.312 e. The van der Waals surface area contributed by atoms with Crippen molar-refractivity contribution in [1.82, 2.24) is 4.98 Å². The maximum atomic E-state index is 11.1. The Morgan fingerprint density at radius 3 is 3.06 bits per heavy atom. The molecule has 0 bridgehead atoms. The molecule has 18 heavy (non-hydrogen) atoms. The molecule has 2 heterocycles. The van der Waals surface area contributed by atoms with E-state index in [0.717, 1.165) is 41.8 Å². The van der Waals surface area contributed by atoms with Crippen molar-refractivity contribution in [2.75, 3.05) is 25.2 Å². The Hall–Kier alpha value is -1.14. The zero-order valence-corrected chi connectivity index (χ0v) is 11.1. The van der Waals surface area contributed by atoms with Crippen LogP contribution in [0.4, 0.5) is 5.13 Å². The first-order valence-electron chi connectivity index (χ1n) is 6.20. The van der Waals surface area contributed by atoms with E-state index in [2.05, 4.69) is 9.88 Å². The van der Waals surface area contributed by atoms with Gasteiger partial charge in [0.15, 0.2) is 5.13 Å². The van der Waals surface area contributed by atoms with Gasteiger partial charge >= 0.3 is 5.97 Å². The highest BCUT2D eigenvalue weighted by atomic mass is 32.1. The van der Waals surface area contributed by atoms with Gasteiger partial charge in [0.25, 0.3) is 0 Å². The van der Waals surface area contributed by atoms with Crippen LogP contribution in [0.15, 0.2) is 0 Å². The number of aryl methyl sites for hydroxylation is 1. The van der Waals surface area contributed by atoms with E-state index in [1.807, 2.05) is 7.05 Å². The van der Waals surface area contributed by atoms with Crippen molar-refractivity contribution in [2.24, 2.45) is 0 Å². The lowest BCUT2D eigenvalue weighted by atomic mass is 10.1. The first-order valence-corrected chi connectivity index (χ1v) is 7.01. The molecule has 0 spiro atoms. The third-order valence-corrected chi connectivity index (χ3v) is 4.98. The van der Waals surface area contributed by atoms with E-state index in [4.69, 9.17) is 9.84 Å². The fourth-order valence-electron chi connectivity index (χ4n) is 2.59. The Morgan fingerprint density at radius 1 is 1.56 bits per heavy atom. The van der Waals surface area contributed by atoms with E-state index in [-0.39, 0.29) is 0 Å². The van der Waals surface area contributed by atoms with Crippen LogP contribution in [0.1, 0.15) is 29.3 Å². The van der Waals surface area contributed by atoms with Gasteiger partial charge in [-0.3, -0.25) is 4.79 Å². The number of carboxylic acids is 1. The van der Waals surface area contributed by atoms with Gasteiger partial charge in [0, 0.05) is 18.5 Å². The van der Waals surface area contributed by atoms with Crippen LogP contribution in [0.5, 0.6) is 0 Å². The molecule has 0 radical (unpaired) electrons. The Balaban J connectivity index is 1.83. The fourth-order valence-corrected chi connectivity index (χ4v) is 3.76. The second-order valence-electron chi connectivity index (χ2n) is 4.86. The maximum absolute atomic E-state index is 11.1. The molecule has 1 aromatic rings. The van der Waals surface area contributed by atoms with Crippen LogP contribution in [0.25, 0.3) is 0 Å². The van der Waals surface area contributed by atoms with Crippen molar-refractivity contribution in [3.05, 3.63) is 10.6 Å². The summed E-state index contributed by atoms with van der Waals surface area (Å²) in [4.78, 5) is 19.0. The average Bonchev–Trinajstić information content (AvgIpc) is 3.03. The molecule has 5 nitrogen and oxygen atoms in total. The largest absolute Gasteiger partial charge is 0.481 e. The van der Waals surface area contributed by atoms with E-state index in [1.54, 1.807) is 11.3 Å². The molecular formula is C12H16N2O3S. The van der Waals surface area contributed by atoms with E-state index in [0.29, 0.717) is 12.5 Å². The average molecular weight is 268 g/mol. The number of hydrogen-bond acceptors (Lipinski definition) is 5. The van der Waals surface area contributed by atoms with Gasteiger partial charge in [-0.25, -0.2) is 4.98 Å². The highest BCUT2D eigenvalue weighted by Crippen LogP contribution is 2.40. The molecule has 2 unspecified atom stereocenters. The lowest BCUT2D eigenvalue weighted by Gasteiger charge is -2.22. The van der Waals surface area contributed by atoms with Crippen molar-refractivity contribution in [2.45, 2.75) is 31.2 Å². The number of nitrogens with zero attached hydrogens (tertiary/aromatic N) is 2. The number of likely N-dealkylation sites (N-methyl/N-ethyl adjacent to an activating group) is 1. The molecule has 1 fully saturated rings. The number of carbonyl (C=O) groups is 1. The van der Waals surface area contributed by atoms with Gasteiger partial charge in [-0.2, -0.15) is 0 Å².